The lowest BCUT2D eigenvalue weighted by molar-refractivity contribution is -0.124. The number of ketones is 1. The zero-order valence-electron chi connectivity index (χ0n) is 15.4. The SMILES string of the molecule is CCCCC(=O)[C@@H]1[C@H]2CCC[C@H]2N(S(=O)(=O)c2ccc(C)cc2)[C@H]1C. The number of hydrogen-bond acceptors (Lipinski definition) is 3. The van der Waals surface area contributed by atoms with Crippen LogP contribution in [0.4, 0.5) is 0 Å². The largest absolute Gasteiger partial charge is 0.299 e. The summed E-state index contributed by atoms with van der Waals surface area (Å²) < 4.78 is 28.3. The Labute approximate surface area is 151 Å². The van der Waals surface area contributed by atoms with E-state index < -0.39 is 10.0 Å². The molecule has 3 rings (SSSR count). The molecule has 4 nitrogen and oxygen atoms in total. The van der Waals surface area contributed by atoms with E-state index in [9.17, 15) is 13.2 Å². The van der Waals surface area contributed by atoms with Crippen LogP contribution < -0.4 is 0 Å². The predicted molar refractivity (Wildman–Crippen MR) is 98.8 cm³/mol. The number of unbranched alkanes of at least 4 members (excludes halogenated alkanes) is 1. The summed E-state index contributed by atoms with van der Waals surface area (Å²) in [5.74, 6) is 0.312. The zero-order chi connectivity index (χ0) is 18.2. The van der Waals surface area contributed by atoms with Gasteiger partial charge < -0.3 is 0 Å². The van der Waals surface area contributed by atoms with Gasteiger partial charge in [0.25, 0.3) is 0 Å². The highest BCUT2D eigenvalue weighted by Crippen LogP contribution is 2.48. The highest BCUT2D eigenvalue weighted by atomic mass is 32.2. The van der Waals surface area contributed by atoms with Crippen molar-refractivity contribution in [2.24, 2.45) is 11.8 Å². The van der Waals surface area contributed by atoms with Crippen LogP contribution in [0.2, 0.25) is 0 Å². The highest BCUT2D eigenvalue weighted by molar-refractivity contribution is 7.89. The van der Waals surface area contributed by atoms with Crippen molar-refractivity contribution in [3.8, 4) is 0 Å². The summed E-state index contributed by atoms with van der Waals surface area (Å²) in [6.45, 7) is 5.96. The molecular formula is C20H29NO3S. The van der Waals surface area contributed by atoms with Gasteiger partial charge in [-0.1, -0.05) is 37.5 Å². The summed E-state index contributed by atoms with van der Waals surface area (Å²) in [7, 11) is -3.56. The second kappa shape index (κ2) is 7.20. The lowest BCUT2D eigenvalue weighted by atomic mass is 9.83. The standard InChI is InChI=1S/C20H29NO3S/c1-4-5-9-19(22)20-15(3)21(18-8-6-7-17(18)20)25(23,24)16-12-10-14(2)11-13-16/h10-13,15,17-18,20H,4-9H2,1-3H3/t15-,17-,18+,20-/m0/s1. The minimum absolute atomic E-state index is 0.0168. The first-order valence-corrected chi connectivity index (χ1v) is 10.9. The minimum Gasteiger partial charge on any atom is -0.299 e. The van der Waals surface area contributed by atoms with Gasteiger partial charge >= 0.3 is 0 Å². The number of Topliss-reactive ketones (excluding diaryl/α,β-unsaturated/α-hetero) is 1. The van der Waals surface area contributed by atoms with Gasteiger partial charge in [-0.15, -0.1) is 0 Å². The summed E-state index contributed by atoms with van der Waals surface area (Å²) in [5, 5.41) is 0. The second-order valence-corrected chi connectivity index (χ2v) is 9.49. The molecule has 0 radical (unpaired) electrons. The van der Waals surface area contributed by atoms with Crippen LogP contribution in [-0.4, -0.2) is 30.6 Å². The highest BCUT2D eigenvalue weighted by Gasteiger charge is 2.55. The number of benzene rings is 1. The molecular weight excluding hydrogens is 334 g/mol. The maximum Gasteiger partial charge on any atom is 0.243 e. The molecule has 1 aliphatic carbocycles. The molecule has 2 fully saturated rings. The van der Waals surface area contributed by atoms with Crippen LogP contribution in [0, 0.1) is 18.8 Å². The molecule has 1 aliphatic heterocycles. The van der Waals surface area contributed by atoms with E-state index >= 15 is 0 Å². The third-order valence-electron chi connectivity index (χ3n) is 5.99. The Kier molecular flexibility index (Phi) is 5.35. The van der Waals surface area contributed by atoms with Gasteiger partial charge in [0.2, 0.25) is 10.0 Å². The maximum absolute atomic E-state index is 13.3. The van der Waals surface area contributed by atoms with Crippen molar-refractivity contribution in [2.45, 2.75) is 76.3 Å². The molecule has 4 atom stereocenters. The minimum atomic E-state index is -3.56. The molecule has 138 valence electrons. The van der Waals surface area contributed by atoms with Crippen molar-refractivity contribution in [2.75, 3.05) is 0 Å². The van der Waals surface area contributed by atoms with Gasteiger partial charge in [-0.2, -0.15) is 4.31 Å². The Balaban J connectivity index is 1.93. The van der Waals surface area contributed by atoms with Gasteiger partial charge in [0.1, 0.15) is 5.78 Å². The van der Waals surface area contributed by atoms with Crippen LogP contribution in [0.1, 0.15) is 57.9 Å². The Bertz CT molecular complexity index is 726. The summed E-state index contributed by atoms with van der Waals surface area (Å²) in [6, 6.07) is 6.79. The summed E-state index contributed by atoms with van der Waals surface area (Å²) in [5.41, 5.74) is 1.04. The van der Waals surface area contributed by atoms with E-state index in [2.05, 4.69) is 6.92 Å². The number of aryl methyl sites for hydroxylation is 1. The molecule has 1 saturated carbocycles. The molecule has 1 aromatic carbocycles. The van der Waals surface area contributed by atoms with Gasteiger partial charge in [0.15, 0.2) is 0 Å². The molecule has 2 aliphatic rings. The van der Waals surface area contributed by atoms with Crippen molar-refractivity contribution >= 4 is 15.8 Å². The fourth-order valence-corrected chi connectivity index (χ4v) is 6.69. The van der Waals surface area contributed by atoms with Gasteiger partial charge in [-0.05, 0) is 51.2 Å². The summed E-state index contributed by atoms with van der Waals surface area (Å²) in [4.78, 5) is 13.1. The molecule has 0 N–H and O–H groups in total. The average Bonchev–Trinajstić information content (AvgIpc) is 3.12. The normalized spacial score (nSPS) is 29.7. The number of fused-ring (bicyclic) bond motifs is 1. The first-order chi connectivity index (χ1) is 11.9. The van der Waals surface area contributed by atoms with E-state index in [0.717, 1.165) is 37.7 Å². The fourth-order valence-electron chi connectivity index (χ4n) is 4.78. The van der Waals surface area contributed by atoms with Crippen LogP contribution >= 0.6 is 0 Å². The van der Waals surface area contributed by atoms with Gasteiger partial charge in [-0.25, -0.2) is 8.42 Å². The van der Waals surface area contributed by atoms with Crippen molar-refractivity contribution in [3.05, 3.63) is 29.8 Å². The van der Waals surface area contributed by atoms with E-state index in [1.807, 2.05) is 26.0 Å². The number of rotatable bonds is 6. The molecule has 1 heterocycles. The average molecular weight is 364 g/mol. The van der Waals surface area contributed by atoms with Gasteiger partial charge in [-0.3, -0.25) is 4.79 Å². The fraction of sp³-hybridized carbons (Fsp3) is 0.650. The number of carbonyl (C=O) groups is 1. The van der Waals surface area contributed by atoms with Gasteiger partial charge in [0.05, 0.1) is 4.90 Å². The van der Waals surface area contributed by atoms with Crippen molar-refractivity contribution in [1.29, 1.82) is 0 Å². The van der Waals surface area contributed by atoms with Crippen LogP contribution in [-0.2, 0) is 14.8 Å². The smallest absolute Gasteiger partial charge is 0.243 e. The third-order valence-corrected chi connectivity index (χ3v) is 8.01. The van der Waals surface area contributed by atoms with E-state index in [1.165, 1.54) is 0 Å². The molecule has 5 heteroatoms. The Hall–Kier alpha value is -1.20. The number of carbonyl (C=O) groups excluding carboxylic acids is 1. The van der Waals surface area contributed by atoms with E-state index in [4.69, 9.17) is 0 Å². The van der Waals surface area contributed by atoms with Crippen LogP contribution in [0.25, 0.3) is 0 Å². The molecule has 0 spiro atoms. The van der Waals surface area contributed by atoms with E-state index in [-0.39, 0.29) is 29.7 Å². The maximum atomic E-state index is 13.3. The predicted octanol–water partition coefficient (Wildman–Crippen LogP) is 3.93. The first kappa shape index (κ1) is 18.6. The topological polar surface area (TPSA) is 54.5 Å². The molecule has 0 aromatic heterocycles. The Morgan fingerprint density at radius 2 is 1.88 bits per heavy atom. The lowest BCUT2D eigenvalue weighted by Gasteiger charge is -2.27. The van der Waals surface area contributed by atoms with Crippen molar-refractivity contribution in [1.82, 2.24) is 4.31 Å². The second-order valence-electron chi connectivity index (χ2n) is 7.65. The lowest BCUT2D eigenvalue weighted by Crippen LogP contribution is -2.41. The zero-order valence-corrected chi connectivity index (χ0v) is 16.3. The van der Waals surface area contributed by atoms with Crippen molar-refractivity contribution in [3.63, 3.8) is 0 Å². The van der Waals surface area contributed by atoms with Crippen LogP contribution in [0.5, 0.6) is 0 Å². The molecule has 0 amide bonds. The molecule has 1 saturated heterocycles. The quantitative estimate of drug-likeness (QED) is 0.769. The molecule has 1 aromatic rings. The van der Waals surface area contributed by atoms with Crippen LogP contribution in [0.3, 0.4) is 0 Å². The number of hydrogen-bond donors (Lipinski definition) is 0. The first-order valence-electron chi connectivity index (χ1n) is 9.51. The Morgan fingerprint density at radius 1 is 1.20 bits per heavy atom. The van der Waals surface area contributed by atoms with E-state index in [0.29, 0.717) is 11.3 Å². The van der Waals surface area contributed by atoms with Crippen LogP contribution in [0.15, 0.2) is 29.2 Å². The summed E-state index contributed by atoms with van der Waals surface area (Å²) >= 11 is 0. The molecule has 0 unspecified atom stereocenters. The Morgan fingerprint density at radius 3 is 2.52 bits per heavy atom. The monoisotopic (exact) mass is 363 g/mol. The van der Waals surface area contributed by atoms with Gasteiger partial charge in [0, 0.05) is 24.4 Å². The molecule has 0 bridgehead atoms. The van der Waals surface area contributed by atoms with Crippen molar-refractivity contribution < 1.29 is 13.2 Å². The summed E-state index contributed by atoms with van der Waals surface area (Å²) in [6.07, 6.45) is 5.32. The number of nitrogens with zero attached hydrogens (tertiary/aromatic N) is 1. The number of sulfonamides is 1. The molecule has 25 heavy (non-hydrogen) atoms. The third kappa shape index (κ3) is 3.28. The van der Waals surface area contributed by atoms with E-state index in [1.54, 1.807) is 16.4 Å².